The van der Waals surface area contributed by atoms with Crippen LogP contribution in [0.15, 0.2) is 120 Å². The number of halogens is 1. The molecule has 0 aliphatic carbocycles. The minimum Gasteiger partial charge on any atom is -0.270 e. The van der Waals surface area contributed by atoms with E-state index in [0.717, 1.165) is 10.8 Å². The van der Waals surface area contributed by atoms with Gasteiger partial charge in [-0.3, -0.25) is 4.57 Å². The van der Waals surface area contributed by atoms with Crippen molar-refractivity contribution in [3.8, 4) is 17.1 Å². The third-order valence-electron chi connectivity index (χ3n) is 5.16. The van der Waals surface area contributed by atoms with Crippen molar-refractivity contribution in [2.45, 2.75) is 10.4 Å². The Balaban J connectivity index is 1.64. The number of para-hydroxylation sites is 1. The molecule has 0 saturated heterocycles. The predicted octanol–water partition coefficient (Wildman–Crippen LogP) is 6.96. The first-order valence-electron chi connectivity index (χ1n) is 10.3. The molecule has 5 rings (SSSR count). The molecule has 5 heteroatoms. The van der Waals surface area contributed by atoms with Gasteiger partial charge in [-0.2, -0.15) is 0 Å². The molecule has 0 bridgehead atoms. The van der Waals surface area contributed by atoms with Gasteiger partial charge in [-0.15, -0.1) is 10.2 Å². The van der Waals surface area contributed by atoms with Crippen LogP contribution < -0.4 is 0 Å². The molecule has 156 valence electrons. The summed E-state index contributed by atoms with van der Waals surface area (Å²) in [5, 5.41) is 9.79. The summed E-state index contributed by atoms with van der Waals surface area (Å²) in [5.74, 6) is 0.309. The first-order valence-corrected chi connectivity index (χ1v) is 11.2. The van der Waals surface area contributed by atoms with E-state index in [1.165, 1.54) is 23.3 Å². The Bertz CT molecular complexity index is 1270. The highest BCUT2D eigenvalue weighted by Crippen LogP contribution is 2.41. The maximum absolute atomic E-state index is 14.0. The van der Waals surface area contributed by atoms with Gasteiger partial charge < -0.3 is 0 Å². The molecule has 5 aromatic rings. The topological polar surface area (TPSA) is 30.7 Å². The molecule has 0 saturated carbocycles. The van der Waals surface area contributed by atoms with Crippen molar-refractivity contribution >= 4 is 11.8 Å². The average molecular weight is 438 g/mol. The summed E-state index contributed by atoms with van der Waals surface area (Å²) < 4.78 is 16.0. The number of hydrogen-bond acceptors (Lipinski definition) is 3. The van der Waals surface area contributed by atoms with E-state index < -0.39 is 0 Å². The summed E-state index contributed by atoms with van der Waals surface area (Å²) in [6.45, 7) is 0. The second kappa shape index (κ2) is 9.20. The van der Waals surface area contributed by atoms with Crippen LogP contribution in [0.4, 0.5) is 4.39 Å². The summed E-state index contributed by atoms with van der Waals surface area (Å²) in [7, 11) is 0. The van der Waals surface area contributed by atoms with Crippen LogP contribution in [0.2, 0.25) is 0 Å². The van der Waals surface area contributed by atoms with Crippen LogP contribution in [-0.2, 0) is 0 Å². The normalized spacial score (nSPS) is 11.1. The summed E-state index contributed by atoms with van der Waals surface area (Å²) in [6.07, 6.45) is 0. The fraction of sp³-hybridized carbons (Fsp3) is 0.0370. The quantitative estimate of drug-likeness (QED) is 0.269. The number of aromatic nitrogens is 3. The fourth-order valence-corrected chi connectivity index (χ4v) is 4.84. The lowest BCUT2D eigenvalue weighted by molar-refractivity contribution is 0.628. The second-order valence-electron chi connectivity index (χ2n) is 7.31. The molecule has 0 aliphatic rings. The van der Waals surface area contributed by atoms with Gasteiger partial charge in [0, 0.05) is 11.3 Å². The fourth-order valence-electron chi connectivity index (χ4n) is 3.66. The van der Waals surface area contributed by atoms with Crippen molar-refractivity contribution < 1.29 is 4.39 Å². The van der Waals surface area contributed by atoms with Crippen molar-refractivity contribution in [2.24, 2.45) is 0 Å². The van der Waals surface area contributed by atoms with Gasteiger partial charge in [0.1, 0.15) is 5.82 Å². The summed E-state index contributed by atoms with van der Waals surface area (Å²) in [5.41, 5.74) is 3.97. The monoisotopic (exact) mass is 437 g/mol. The van der Waals surface area contributed by atoms with Gasteiger partial charge in [0.2, 0.25) is 0 Å². The van der Waals surface area contributed by atoms with Crippen molar-refractivity contribution in [1.29, 1.82) is 0 Å². The molecule has 32 heavy (non-hydrogen) atoms. The number of thioether (sulfide) groups is 1. The van der Waals surface area contributed by atoms with Crippen molar-refractivity contribution in [3.63, 3.8) is 0 Å². The Hall–Kier alpha value is -3.70. The maximum atomic E-state index is 14.0. The Morgan fingerprint density at radius 2 is 1.25 bits per heavy atom. The van der Waals surface area contributed by atoms with E-state index in [1.807, 2.05) is 77.4 Å². The highest BCUT2D eigenvalue weighted by atomic mass is 32.2. The zero-order chi connectivity index (χ0) is 21.8. The van der Waals surface area contributed by atoms with Crippen LogP contribution in [0.1, 0.15) is 16.4 Å². The van der Waals surface area contributed by atoms with Crippen molar-refractivity contribution in [1.82, 2.24) is 14.8 Å². The third-order valence-corrected chi connectivity index (χ3v) is 6.41. The highest BCUT2D eigenvalue weighted by molar-refractivity contribution is 7.99. The van der Waals surface area contributed by atoms with E-state index in [9.17, 15) is 4.39 Å². The third kappa shape index (κ3) is 4.20. The van der Waals surface area contributed by atoms with Crippen LogP contribution in [0.3, 0.4) is 0 Å². The lowest BCUT2D eigenvalue weighted by Gasteiger charge is -2.18. The SMILES string of the molecule is Fc1cccc(-c2nnc(SC(c3ccccc3)c3ccccc3)n2-c2ccccc2)c1. The standard InChI is InChI=1S/C27H20FN3S/c28-23-16-10-15-22(19-23)26-29-30-27(31(26)24-17-8-3-9-18-24)32-25(20-11-4-1-5-12-20)21-13-6-2-7-14-21/h1-19,25H. The minimum absolute atomic E-state index is 0.0319. The predicted molar refractivity (Wildman–Crippen MR) is 127 cm³/mol. The first-order chi connectivity index (χ1) is 15.8. The van der Waals surface area contributed by atoms with Crippen LogP contribution >= 0.6 is 11.8 Å². The van der Waals surface area contributed by atoms with Crippen LogP contribution in [0.25, 0.3) is 17.1 Å². The molecule has 0 N–H and O–H groups in total. The zero-order valence-corrected chi connectivity index (χ0v) is 18.0. The van der Waals surface area contributed by atoms with E-state index in [4.69, 9.17) is 0 Å². The lowest BCUT2D eigenvalue weighted by Crippen LogP contribution is -2.03. The van der Waals surface area contributed by atoms with Gasteiger partial charge in [0.25, 0.3) is 0 Å². The van der Waals surface area contributed by atoms with Gasteiger partial charge in [0.15, 0.2) is 11.0 Å². The second-order valence-corrected chi connectivity index (χ2v) is 8.38. The molecule has 0 amide bonds. The largest absolute Gasteiger partial charge is 0.270 e. The smallest absolute Gasteiger partial charge is 0.197 e. The Morgan fingerprint density at radius 3 is 1.84 bits per heavy atom. The molecule has 1 heterocycles. The Labute approximate surface area is 190 Å². The maximum Gasteiger partial charge on any atom is 0.197 e. The van der Waals surface area contributed by atoms with Gasteiger partial charge in [0.05, 0.1) is 5.25 Å². The molecule has 0 spiro atoms. The molecular formula is C27H20FN3S. The van der Waals surface area contributed by atoms with Crippen molar-refractivity contribution in [2.75, 3.05) is 0 Å². The number of nitrogens with zero attached hydrogens (tertiary/aromatic N) is 3. The highest BCUT2D eigenvalue weighted by Gasteiger charge is 2.22. The van der Waals surface area contributed by atoms with E-state index in [-0.39, 0.29) is 11.1 Å². The number of hydrogen-bond donors (Lipinski definition) is 0. The Kier molecular flexibility index (Phi) is 5.81. The molecule has 1 aromatic heterocycles. The first kappa shape index (κ1) is 20.2. The van der Waals surface area contributed by atoms with Gasteiger partial charge >= 0.3 is 0 Å². The summed E-state index contributed by atoms with van der Waals surface area (Å²) >= 11 is 1.63. The van der Waals surface area contributed by atoms with E-state index in [0.29, 0.717) is 11.4 Å². The zero-order valence-electron chi connectivity index (χ0n) is 17.2. The summed E-state index contributed by atoms with van der Waals surface area (Å²) in [6, 6.07) is 37.1. The minimum atomic E-state index is -0.300. The molecule has 0 fully saturated rings. The Morgan fingerprint density at radius 1 is 0.656 bits per heavy atom. The molecule has 3 nitrogen and oxygen atoms in total. The number of benzene rings is 4. The molecule has 0 aliphatic heterocycles. The van der Waals surface area contributed by atoms with Gasteiger partial charge in [-0.1, -0.05) is 103 Å². The summed E-state index contributed by atoms with van der Waals surface area (Å²) in [4.78, 5) is 0. The van der Waals surface area contributed by atoms with E-state index in [2.05, 4.69) is 34.5 Å². The van der Waals surface area contributed by atoms with Crippen LogP contribution in [0.5, 0.6) is 0 Å². The molecule has 0 radical (unpaired) electrons. The van der Waals surface area contributed by atoms with E-state index in [1.54, 1.807) is 17.8 Å². The molecule has 4 aromatic carbocycles. The van der Waals surface area contributed by atoms with Gasteiger partial charge in [-0.25, -0.2) is 4.39 Å². The van der Waals surface area contributed by atoms with Crippen LogP contribution in [0, 0.1) is 5.82 Å². The lowest BCUT2D eigenvalue weighted by atomic mass is 10.0. The molecule has 0 unspecified atom stereocenters. The van der Waals surface area contributed by atoms with Gasteiger partial charge in [-0.05, 0) is 35.4 Å². The molecule has 0 atom stereocenters. The molecular weight excluding hydrogens is 417 g/mol. The average Bonchev–Trinajstić information content (AvgIpc) is 3.28. The van der Waals surface area contributed by atoms with Crippen LogP contribution in [-0.4, -0.2) is 14.8 Å². The van der Waals surface area contributed by atoms with Crippen molar-refractivity contribution in [3.05, 3.63) is 132 Å². The van der Waals surface area contributed by atoms with E-state index >= 15 is 0 Å². The number of rotatable bonds is 6.